The minimum Gasteiger partial charge on any atom is -0.433 e. The van der Waals surface area contributed by atoms with E-state index in [1.54, 1.807) is 17.7 Å². The Kier molecular flexibility index (Phi) is 2.90. The third kappa shape index (κ3) is 2.32. The number of anilines is 1. The van der Waals surface area contributed by atoms with Gasteiger partial charge >= 0.3 is 6.61 Å². The van der Waals surface area contributed by atoms with Crippen LogP contribution in [0.5, 0.6) is 5.75 Å². The summed E-state index contributed by atoms with van der Waals surface area (Å²) in [5.74, 6) is 0.476. The molecule has 1 aromatic carbocycles. The number of benzene rings is 1. The molecule has 0 aliphatic rings. The number of aromatic nitrogens is 3. The van der Waals surface area contributed by atoms with Crippen molar-refractivity contribution in [2.24, 2.45) is 7.05 Å². The van der Waals surface area contributed by atoms with E-state index in [9.17, 15) is 8.78 Å². The highest BCUT2D eigenvalue weighted by atomic mass is 19.3. The Morgan fingerprint density at radius 1 is 1.41 bits per heavy atom. The molecule has 0 radical (unpaired) electrons. The molecule has 1 heterocycles. The molecule has 0 amide bonds. The molecule has 0 spiro atoms. The number of aryl methyl sites for hydroxylation is 1. The number of rotatable bonds is 3. The average Bonchev–Trinajstić information content (AvgIpc) is 2.67. The monoisotopic (exact) mass is 240 g/mol. The number of hydrogen-bond donors (Lipinski definition) is 1. The van der Waals surface area contributed by atoms with E-state index in [-0.39, 0.29) is 11.4 Å². The SMILES string of the molecule is Cn1cnnc1-c1ccc(N)c(OC(F)F)c1. The fraction of sp³-hybridized carbons (Fsp3) is 0.200. The minimum absolute atomic E-state index is 0.0690. The number of hydrogen-bond acceptors (Lipinski definition) is 4. The van der Waals surface area contributed by atoms with Crippen LogP contribution >= 0.6 is 0 Å². The molecule has 0 atom stereocenters. The second kappa shape index (κ2) is 4.36. The van der Waals surface area contributed by atoms with Crippen LogP contribution in [0, 0.1) is 0 Å². The highest BCUT2D eigenvalue weighted by Gasteiger charge is 2.11. The maximum Gasteiger partial charge on any atom is 0.387 e. The van der Waals surface area contributed by atoms with Gasteiger partial charge < -0.3 is 15.0 Å². The first kappa shape index (κ1) is 11.3. The zero-order valence-electron chi connectivity index (χ0n) is 8.97. The largest absolute Gasteiger partial charge is 0.433 e. The van der Waals surface area contributed by atoms with Crippen molar-refractivity contribution in [2.75, 3.05) is 5.73 Å². The zero-order chi connectivity index (χ0) is 12.4. The van der Waals surface area contributed by atoms with E-state index in [4.69, 9.17) is 5.73 Å². The molecule has 2 aromatic rings. The quantitative estimate of drug-likeness (QED) is 0.828. The van der Waals surface area contributed by atoms with Crippen LogP contribution in [0.3, 0.4) is 0 Å². The zero-order valence-corrected chi connectivity index (χ0v) is 8.97. The van der Waals surface area contributed by atoms with Crippen LogP contribution in [0.2, 0.25) is 0 Å². The molecule has 0 saturated heterocycles. The molecule has 2 N–H and O–H groups in total. The van der Waals surface area contributed by atoms with Crippen LogP contribution in [0.15, 0.2) is 24.5 Å². The molecular weight excluding hydrogens is 230 g/mol. The maximum absolute atomic E-state index is 12.1. The Bertz CT molecular complexity index is 527. The van der Waals surface area contributed by atoms with Crippen molar-refractivity contribution in [3.63, 3.8) is 0 Å². The first-order valence-electron chi connectivity index (χ1n) is 4.76. The van der Waals surface area contributed by atoms with Gasteiger partial charge in [-0.15, -0.1) is 10.2 Å². The standard InChI is InChI=1S/C10H10F2N4O/c1-16-5-14-15-9(16)6-2-3-7(13)8(4-6)17-10(11)12/h2-5,10H,13H2,1H3. The highest BCUT2D eigenvalue weighted by Crippen LogP contribution is 2.28. The van der Waals surface area contributed by atoms with E-state index in [1.165, 1.54) is 18.5 Å². The predicted octanol–water partition coefficient (Wildman–Crippen LogP) is 1.67. The molecule has 0 saturated carbocycles. The molecule has 0 bridgehead atoms. The smallest absolute Gasteiger partial charge is 0.387 e. The van der Waals surface area contributed by atoms with Crippen LogP contribution in [-0.4, -0.2) is 21.4 Å². The molecule has 0 aliphatic carbocycles. The summed E-state index contributed by atoms with van der Waals surface area (Å²) < 4.78 is 30.3. The van der Waals surface area contributed by atoms with Crippen molar-refractivity contribution in [2.45, 2.75) is 6.61 Å². The molecule has 1 aromatic heterocycles. The fourth-order valence-electron chi connectivity index (χ4n) is 1.42. The van der Waals surface area contributed by atoms with Gasteiger partial charge in [0.25, 0.3) is 0 Å². The third-order valence-corrected chi connectivity index (χ3v) is 2.20. The summed E-state index contributed by atoms with van der Waals surface area (Å²) in [6, 6.07) is 4.56. The van der Waals surface area contributed by atoms with Crippen molar-refractivity contribution in [3.05, 3.63) is 24.5 Å². The second-order valence-electron chi connectivity index (χ2n) is 3.40. The lowest BCUT2D eigenvalue weighted by molar-refractivity contribution is -0.0493. The normalized spacial score (nSPS) is 10.8. The van der Waals surface area contributed by atoms with Gasteiger partial charge in [-0.05, 0) is 18.2 Å². The summed E-state index contributed by atoms with van der Waals surface area (Å²) >= 11 is 0. The van der Waals surface area contributed by atoms with Gasteiger partial charge in [-0.3, -0.25) is 0 Å². The Labute approximate surface area is 95.8 Å². The van der Waals surface area contributed by atoms with Gasteiger partial charge in [0.05, 0.1) is 5.69 Å². The van der Waals surface area contributed by atoms with Crippen molar-refractivity contribution >= 4 is 5.69 Å². The van der Waals surface area contributed by atoms with Gasteiger partial charge in [0.1, 0.15) is 12.1 Å². The molecule has 7 heteroatoms. The Balaban J connectivity index is 2.41. The van der Waals surface area contributed by atoms with Crippen molar-refractivity contribution in [3.8, 4) is 17.1 Å². The lowest BCUT2D eigenvalue weighted by Crippen LogP contribution is -2.04. The number of halogens is 2. The summed E-state index contributed by atoms with van der Waals surface area (Å²) in [6.45, 7) is -2.91. The lowest BCUT2D eigenvalue weighted by Gasteiger charge is -2.09. The van der Waals surface area contributed by atoms with Crippen LogP contribution < -0.4 is 10.5 Å². The summed E-state index contributed by atoms with van der Waals surface area (Å²) in [5, 5.41) is 7.57. The lowest BCUT2D eigenvalue weighted by atomic mass is 10.2. The number of nitrogens with two attached hydrogens (primary N) is 1. The summed E-state index contributed by atoms with van der Waals surface area (Å²) in [6.07, 6.45) is 1.51. The molecule has 2 rings (SSSR count). The molecule has 0 unspecified atom stereocenters. The van der Waals surface area contributed by atoms with Crippen LogP contribution in [0.4, 0.5) is 14.5 Å². The molecule has 90 valence electrons. The second-order valence-corrected chi connectivity index (χ2v) is 3.40. The van der Waals surface area contributed by atoms with Crippen molar-refractivity contribution < 1.29 is 13.5 Å². The molecule has 5 nitrogen and oxygen atoms in total. The molecular formula is C10H10F2N4O. The van der Waals surface area contributed by atoms with Gasteiger partial charge in [-0.1, -0.05) is 0 Å². The van der Waals surface area contributed by atoms with E-state index in [2.05, 4.69) is 14.9 Å². The van der Waals surface area contributed by atoms with E-state index >= 15 is 0 Å². The topological polar surface area (TPSA) is 66.0 Å². The molecule has 17 heavy (non-hydrogen) atoms. The number of nitrogens with zero attached hydrogens (tertiary/aromatic N) is 3. The van der Waals surface area contributed by atoms with Gasteiger partial charge in [0.2, 0.25) is 0 Å². The molecule has 0 aliphatic heterocycles. The van der Waals surface area contributed by atoms with E-state index in [0.717, 1.165) is 0 Å². The van der Waals surface area contributed by atoms with E-state index in [0.29, 0.717) is 11.4 Å². The maximum atomic E-state index is 12.1. The average molecular weight is 240 g/mol. The minimum atomic E-state index is -2.91. The first-order valence-corrected chi connectivity index (χ1v) is 4.76. The predicted molar refractivity (Wildman–Crippen MR) is 57.5 cm³/mol. The van der Waals surface area contributed by atoms with Gasteiger partial charge in [0.15, 0.2) is 5.82 Å². The summed E-state index contributed by atoms with van der Waals surface area (Å²) in [4.78, 5) is 0. The van der Waals surface area contributed by atoms with Crippen LogP contribution in [0.25, 0.3) is 11.4 Å². The summed E-state index contributed by atoms with van der Waals surface area (Å²) in [5.41, 5.74) is 6.28. The number of ether oxygens (including phenoxy) is 1. The fourth-order valence-corrected chi connectivity index (χ4v) is 1.42. The molecule has 0 fully saturated rings. The summed E-state index contributed by atoms with van der Waals surface area (Å²) in [7, 11) is 1.75. The Morgan fingerprint density at radius 2 is 2.18 bits per heavy atom. The van der Waals surface area contributed by atoms with Gasteiger partial charge in [0, 0.05) is 12.6 Å². The van der Waals surface area contributed by atoms with Gasteiger partial charge in [-0.25, -0.2) is 0 Å². The van der Waals surface area contributed by atoms with Crippen LogP contribution in [-0.2, 0) is 7.05 Å². The Hall–Kier alpha value is -2.18. The van der Waals surface area contributed by atoms with Crippen molar-refractivity contribution in [1.82, 2.24) is 14.8 Å². The van der Waals surface area contributed by atoms with Gasteiger partial charge in [-0.2, -0.15) is 8.78 Å². The third-order valence-electron chi connectivity index (χ3n) is 2.20. The highest BCUT2D eigenvalue weighted by molar-refractivity contribution is 5.65. The Morgan fingerprint density at radius 3 is 2.76 bits per heavy atom. The van der Waals surface area contributed by atoms with Crippen molar-refractivity contribution in [1.29, 1.82) is 0 Å². The van der Waals surface area contributed by atoms with Crippen LogP contribution in [0.1, 0.15) is 0 Å². The first-order chi connectivity index (χ1) is 8.08. The number of nitrogen functional groups attached to an aromatic ring is 1. The van der Waals surface area contributed by atoms with E-state index in [1.807, 2.05) is 0 Å². The van der Waals surface area contributed by atoms with E-state index < -0.39 is 6.61 Å². The number of alkyl halides is 2.